The number of phenolic OH excluding ortho intramolecular Hbond substituents is 1. The molecule has 1 atom stereocenters. The van der Waals surface area contributed by atoms with Crippen molar-refractivity contribution in [1.82, 2.24) is 15.1 Å². The molecule has 37 heavy (non-hydrogen) atoms. The molecule has 10 heteroatoms. The van der Waals surface area contributed by atoms with Crippen LogP contribution in [-0.2, 0) is 9.59 Å². The molecule has 4 rings (SSSR count). The number of nitrogens with one attached hydrogen (secondary N) is 2. The van der Waals surface area contributed by atoms with E-state index < -0.39 is 11.9 Å². The SMILES string of the molecule is COc1ccc(NC(=NC2CCCCN(CC(=O)N3CCCC3)C2=O)NC(=O)c2ccccc2)cc1O. The largest absolute Gasteiger partial charge is 0.504 e. The number of amides is 3. The van der Waals surface area contributed by atoms with Crippen molar-refractivity contribution < 1.29 is 24.2 Å². The second-order valence-corrected chi connectivity index (χ2v) is 9.17. The van der Waals surface area contributed by atoms with Crippen molar-refractivity contribution in [2.24, 2.45) is 4.99 Å². The van der Waals surface area contributed by atoms with Crippen LogP contribution < -0.4 is 15.4 Å². The summed E-state index contributed by atoms with van der Waals surface area (Å²) in [6, 6.07) is 12.6. The summed E-state index contributed by atoms with van der Waals surface area (Å²) in [4.78, 5) is 47.1. The molecule has 2 saturated heterocycles. The number of likely N-dealkylation sites (tertiary alicyclic amines) is 2. The predicted molar refractivity (Wildman–Crippen MR) is 140 cm³/mol. The molecule has 10 nitrogen and oxygen atoms in total. The van der Waals surface area contributed by atoms with Gasteiger partial charge in [0.2, 0.25) is 17.8 Å². The smallest absolute Gasteiger partial charge is 0.257 e. The Morgan fingerprint density at radius 1 is 1.05 bits per heavy atom. The van der Waals surface area contributed by atoms with Gasteiger partial charge < -0.3 is 25.0 Å². The van der Waals surface area contributed by atoms with Gasteiger partial charge in [0, 0.05) is 37.0 Å². The van der Waals surface area contributed by atoms with E-state index in [0.29, 0.717) is 30.0 Å². The van der Waals surface area contributed by atoms with E-state index in [0.717, 1.165) is 38.8 Å². The number of carbonyl (C=O) groups is 3. The molecule has 0 aromatic heterocycles. The molecule has 2 heterocycles. The fraction of sp³-hybridized carbons (Fsp3) is 0.407. The Balaban J connectivity index is 1.56. The zero-order chi connectivity index (χ0) is 26.2. The van der Waals surface area contributed by atoms with Crippen molar-refractivity contribution in [3.63, 3.8) is 0 Å². The Labute approximate surface area is 216 Å². The number of guanidine groups is 1. The van der Waals surface area contributed by atoms with E-state index >= 15 is 0 Å². The van der Waals surface area contributed by atoms with Crippen LogP contribution in [0.2, 0.25) is 0 Å². The first-order valence-electron chi connectivity index (χ1n) is 12.6. The highest BCUT2D eigenvalue weighted by Crippen LogP contribution is 2.28. The summed E-state index contributed by atoms with van der Waals surface area (Å²) in [6.07, 6.45) is 4.01. The van der Waals surface area contributed by atoms with Crippen LogP contribution in [0.15, 0.2) is 53.5 Å². The van der Waals surface area contributed by atoms with Crippen LogP contribution >= 0.6 is 0 Å². The molecule has 2 aromatic carbocycles. The molecule has 0 saturated carbocycles. The number of anilines is 1. The maximum atomic E-state index is 13.4. The number of hydrogen-bond donors (Lipinski definition) is 3. The second kappa shape index (κ2) is 12.2. The van der Waals surface area contributed by atoms with Crippen molar-refractivity contribution in [1.29, 1.82) is 0 Å². The van der Waals surface area contributed by atoms with Gasteiger partial charge in [0.1, 0.15) is 6.04 Å². The zero-order valence-electron chi connectivity index (χ0n) is 21.0. The van der Waals surface area contributed by atoms with Gasteiger partial charge in [0.05, 0.1) is 13.7 Å². The molecule has 2 aromatic rings. The Morgan fingerprint density at radius 3 is 2.49 bits per heavy atom. The molecule has 0 radical (unpaired) electrons. The van der Waals surface area contributed by atoms with Gasteiger partial charge in [-0.25, -0.2) is 4.99 Å². The van der Waals surface area contributed by atoms with E-state index in [1.807, 2.05) is 6.07 Å². The standard InChI is InChI=1S/C27H33N5O5/c1-37-23-13-12-20(17-22(23)33)28-27(30-25(35)19-9-3-2-4-10-19)29-21-11-5-6-16-32(26(21)36)18-24(34)31-14-7-8-15-31/h2-4,9-10,12-13,17,21,33H,5-8,11,14-16,18H2,1H3,(H2,28,29,30,35). The lowest BCUT2D eigenvalue weighted by molar-refractivity contribution is -0.140. The molecule has 0 bridgehead atoms. The van der Waals surface area contributed by atoms with E-state index in [1.165, 1.54) is 13.2 Å². The number of nitrogens with zero attached hydrogens (tertiary/aromatic N) is 3. The lowest BCUT2D eigenvalue weighted by Gasteiger charge is -2.25. The predicted octanol–water partition coefficient (Wildman–Crippen LogP) is 2.60. The molecule has 3 amide bonds. The van der Waals surface area contributed by atoms with Crippen LogP contribution in [-0.4, -0.2) is 77.9 Å². The van der Waals surface area contributed by atoms with Crippen molar-refractivity contribution in [3.8, 4) is 11.5 Å². The zero-order valence-corrected chi connectivity index (χ0v) is 21.0. The third kappa shape index (κ3) is 6.78. The van der Waals surface area contributed by atoms with Crippen molar-refractivity contribution in [2.45, 2.75) is 38.1 Å². The summed E-state index contributed by atoms with van der Waals surface area (Å²) in [7, 11) is 1.45. The summed E-state index contributed by atoms with van der Waals surface area (Å²) in [6.45, 7) is 2.00. The summed E-state index contributed by atoms with van der Waals surface area (Å²) < 4.78 is 5.10. The monoisotopic (exact) mass is 507 g/mol. The second-order valence-electron chi connectivity index (χ2n) is 9.17. The van der Waals surface area contributed by atoms with E-state index in [2.05, 4.69) is 15.6 Å². The molecule has 2 fully saturated rings. The third-order valence-electron chi connectivity index (χ3n) is 6.53. The normalized spacial score (nSPS) is 18.4. The van der Waals surface area contributed by atoms with Gasteiger partial charge in [-0.3, -0.25) is 19.7 Å². The Kier molecular flexibility index (Phi) is 8.60. The Morgan fingerprint density at radius 2 is 1.78 bits per heavy atom. The quantitative estimate of drug-likeness (QED) is 0.408. The summed E-state index contributed by atoms with van der Waals surface area (Å²) in [5.74, 6) is -0.389. The number of aromatic hydroxyl groups is 1. The molecular weight excluding hydrogens is 474 g/mol. The van der Waals surface area contributed by atoms with Gasteiger partial charge in [-0.2, -0.15) is 0 Å². The maximum absolute atomic E-state index is 13.4. The number of hydrogen-bond acceptors (Lipinski definition) is 6. The van der Waals surface area contributed by atoms with Crippen molar-refractivity contribution >= 4 is 29.4 Å². The minimum absolute atomic E-state index is 0.0380. The van der Waals surface area contributed by atoms with E-state index in [4.69, 9.17) is 4.74 Å². The number of benzene rings is 2. The van der Waals surface area contributed by atoms with Gasteiger partial charge in [-0.05, 0) is 56.4 Å². The maximum Gasteiger partial charge on any atom is 0.257 e. The van der Waals surface area contributed by atoms with E-state index in [1.54, 1.807) is 46.2 Å². The van der Waals surface area contributed by atoms with Gasteiger partial charge in [0.25, 0.3) is 5.91 Å². The average molecular weight is 508 g/mol. The van der Waals surface area contributed by atoms with Crippen molar-refractivity contribution in [2.75, 3.05) is 38.6 Å². The molecule has 3 N–H and O–H groups in total. The van der Waals surface area contributed by atoms with E-state index in [-0.39, 0.29) is 30.1 Å². The summed E-state index contributed by atoms with van der Waals surface area (Å²) in [5.41, 5.74) is 0.882. The number of methoxy groups -OCH3 is 1. The number of carbonyl (C=O) groups excluding carboxylic acids is 3. The number of aliphatic imine (C=N–C) groups is 1. The fourth-order valence-electron chi connectivity index (χ4n) is 4.52. The molecule has 1 unspecified atom stereocenters. The fourth-order valence-corrected chi connectivity index (χ4v) is 4.52. The number of phenols is 1. The first kappa shape index (κ1) is 26.0. The Hall–Kier alpha value is -4.08. The average Bonchev–Trinajstić information content (AvgIpc) is 3.39. The number of ether oxygens (including phenoxy) is 1. The third-order valence-corrected chi connectivity index (χ3v) is 6.53. The lowest BCUT2D eigenvalue weighted by atomic mass is 10.1. The van der Waals surface area contributed by atoms with Crippen LogP contribution in [0.5, 0.6) is 11.5 Å². The highest BCUT2D eigenvalue weighted by molar-refractivity contribution is 6.10. The highest BCUT2D eigenvalue weighted by Gasteiger charge is 2.30. The van der Waals surface area contributed by atoms with E-state index in [9.17, 15) is 19.5 Å². The lowest BCUT2D eigenvalue weighted by Crippen LogP contribution is -2.45. The minimum atomic E-state index is -0.765. The Bertz CT molecular complexity index is 1150. The molecule has 2 aliphatic rings. The molecule has 0 aliphatic carbocycles. The first-order valence-corrected chi connectivity index (χ1v) is 12.6. The topological polar surface area (TPSA) is 124 Å². The first-order chi connectivity index (χ1) is 17.9. The number of rotatable bonds is 6. The van der Waals surface area contributed by atoms with Crippen LogP contribution in [0, 0.1) is 0 Å². The minimum Gasteiger partial charge on any atom is -0.504 e. The molecule has 2 aliphatic heterocycles. The molecule has 0 spiro atoms. The van der Waals surface area contributed by atoms with Gasteiger partial charge in [0.15, 0.2) is 11.5 Å². The molecular formula is C27H33N5O5. The van der Waals surface area contributed by atoms with Crippen LogP contribution in [0.1, 0.15) is 42.5 Å². The van der Waals surface area contributed by atoms with Gasteiger partial charge >= 0.3 is 0 Å². The van der Waals surface area contributed by atoms with Crippen LogP contribution in [0.25, 0.3) is 0 Å². The molecule has 196 valence electrons. The summed E-state index contributed by atoms with van der Waals surface area (Å²) in [5, 5.41) is 16.0. The van der Waals surface area contributed by atoms with Gasteiger partial charge in [-0.1, -0.05) is 18.2 Å². The van der Waals surface area contributed by atoms with Crippen LogP contribution in [0.3, 0.4) is 0 Å². The summed E-state index contributed by atoms with van der Waals surface area (Å²) >= 11 is 0. The van der Waals surface area contributed by atoms with Crippen LogP contribution in [0.4, 0.5) is 5.69 Å². The highest BCUT2D eigenvalue weighted by atomic mass is 16.5. The van der Waals surface area contributed by atoms with Crippen molar-refractivity contribution in [3.05, 3.63) is 54.1 Å². The van der Waals surface area contributed by atoms with Gasteiger partial charge in [-0.15, -0.1) is 0 Å².